The maximum Gasteiger partial charge on any atom is 0.529 e. The number of hydrogen-bond donors (Lipinski definition) is 0. The number of nitriles is 1. The zero-order chi connectivity index (χ0) is 28.3. The minimum absolute atomic E-state index is 0.0479. The number of ether oxygens (including phenoxy) is 1. The highest BCUT2D eigenvalue weighted by atomic mass is 35.5. The van der Waals surface area contributed by atoms with Crippen molar-refractivity contribution < 1.29 is 27.3 Å². The van der Waals surface area contributed by atoms with Crippen LogP contribution in [0.25, 0.3) is 0 Å². The zero-order valence-corrected chi connectivity index (χ0v) is 24.9. The molecule has 2 aromatic carbocycles. The number of benzene rings is 2. The number of nitrogens with zero attached hydrogens (tertiary/aromatic N) is 1. The molecule has 0 bridgehead atoms. The van der Waals surface area contributed by atoms with Crippen LogP contribution >= 0.6 is 19.4 Å². The van der Waals surface area contributed by atoms with E-state index < -0.39 is 19.7 Å². The van der Waals surface area contributed by atoms with Crippen LogP contribution < -0.4 is 4.52 Å². The molecule has 0 aliphatic heterocycles. The predicted octanol–water partition coefficient (Wildman–Crippen LogP) is 9.79. The lowest BCUT2D eigenvalue weighted by Crippen LogP contribution is -2.20. The highest BCUT2D eigenvalue weighted by Gasteiger charge is 2.29. The Morgan fingerprint density at radius 2 is 1.62 bits per heavy atom. The molecule has 1 unspecified atom stereocenters. The molecule has 2 aromatic rings. The molecule has 0 saturated carbocycles. The zero-order valence-electron chi connectivity index (χ0n) is 23.2. The van der Waals surface area contributed by atoms with Crippen molar-refractivity contribution in [2.45, 2.75) is 96.7 Å². The van der Waals surface area contributed by atoms with Gasteiger partial charge < -0.3 is 9.26 Å². The maximum atomic E-state index is 13.9. The van der Waals surface area contributed by atoms with E-state index in [0.717, 1.165) is 19.3 Å². The summed E-state index contributed by atoms with van der Waals surface area (Å²) in [5.74, 6) is -0.307. The van der Waals surface area contributed by atoms with E-state index in [1.165, 1.54) is 70.6 Å². The van der Waals surface area contributed by atoms with Crippen molar-refractivity contribution >= 4 is 19.4 Å². The van der Waals surface area contributed by atoms with E-state index in [0.29, 0.717) is 12.0 Å². The molecule has 6 nitrogen and oxygen atoms in total. The van der Waals surface area contributed by atoms with Crippen molar-refractivity contribution in [2.75, 3.05) is 13.7 Å². The van der Waals surface area contributed by atoms with E-state index in [1.807, 2.05) is 6.07 Å². The second kappa shape index (κ2) is 19.2. The van der Waals surface area contributed by atoms with Crippen LogP contribution in [0.1, 0.15) is 95.1 Å². The van der Waals surface area contributed by atoms with Crippen LogP contribution in [0.2, 0.25) is 5.02 Å². The van der Waals surface area contributed by atoms with Gasteiger partial charge in [0.05, 0.1) is 36.0 Å². The second-order valence-corrected chi connectivity index (χ2v) is 11.8. The number of unbranched alkanes of at least 4 members (excludes halogenated alkanes) is 10. The molecular formula is C30H42ClFNO5P. The van der Waals surface area contributed by atoms with Gasteiger partial charge in [0, 0.05) is 7.11 Å². The van der Waals surface area contributed by atoms with Crippen LogP contribution in [-0.4, -0.2) is 19.8 Å². The molecule has 2 atom stereocenters. The monoisotopic (exact) mass is 581 g/mol. The highest BCUT2D eigenvalue weighted by Crippen LogP contribution is 2.50. The first-order valence-corrected chi connectivity index (χ1v) is 15.8. The minimum atomic E-state index is -3.95. The lowest BCUT2D eigenvalue weighted by molar-refractivity contribution is -0.00443. The predicted molar refractivity (Wildman–Crippen MR) is 153 cm³/mol. The van der Waals surface area contributed by atoms with Gasteiger partial charge >= 0.3 is 7.82 Å². The number of halogens is 2. The molecule has 0 aliphatic rings. The first kappa shape index (κ1) is 33.3. The number of rotatable bonds is 21. The number of phosphoric ester groups is 1. The molecule has 9 heteroatoms. The van der Waals surface area contributed by atoms with Crippen molar-refractivity contribution in [1.29, 1.82) is 5.26 Å². The van der Waals surface area contributed by atoms with Gasteiger partial charge in [-0.25, -0.2) is 8.96 Å². The third-order valence-corrected chi connectivity index (χ3v) is 8.04. The Balaban J connectivity index is 1.88. The fraction of sp³-hybridized carbons (Fsp3) is 0.567. The summed E-state index contributed by atoms with van der Waals surface area (Å²) in [6.45, 7) is 2.27. The van der Waals surface area contributed by atoms with Crippen LogP contribution in [0.15, 0.2) is 42.5 Å². The average Bonchev–Trinajstić information content (AvgIpc) is 2.93. The SMILES string of the molecule is CCCCCCCCCCCCC[C@@H](COP(=O)(OC)Oc1ccccc1Cl)OCc1cc(F)cc(C#N)c1. The first-order chi connectivity index (χ1) is 18.9. The smallest absolute Gasteiger partial charge is 0.402 e. The van der Waals surface area contributed by atoms with Crippen LogP contribution in [0.5, 0.6) is 5.75 Å². The lowest BCUT2D eigenvalue weighted by atomic mass is 10.0. The Labute approximate surface area is 238 Å². The van der Waals surface area contributed by atoms with Gasteiger partial charge in [-0.05, 0) is 42.3 Å². The quantitative estimate of drug-likeness (QED) is 0.108. The van der Waals surface area contributed by atoms with Crippen LogP contribution in [0.3, 0.4) is 0 Å². The van der Waals surface area contributed by atoms with Gasteiger partial charge in [0.25, 0.3) is 0 Å². The molecule has 2 rings (SSSR count). The van der Waals surface area contributed by atoms with Crippen molar-refractivity contribution in [2.24, 2.45) is 0 Å². The topological polar surface area (TPSA) is 77.8 Å². The Bertz CT molecular complexity index is 1060. The summed E-state index contributed by atoms with van der Waals surface area (Å²) in [5.41, 5.74) is 0.765. The summed E-state index contributed by atoms with van der Waals surface area (Å²) in [4.78, 5) is 0. The number of para-hydroxylation sites is 1. The van der Waals surface area contributed by atoms with Crippen LogP contribution in [-0.2, 0) is 25.0 Å². The Hall–Kier alpha value is -1.94. The molecule has 0 radical (unpaired) electrons. The fourth-order valence-electron chi connectivity index (χ4n) is 4.19. The Kier molecular flexibility index (Phi) is 16.4. The lowest BCUT2D eigenvalue weighted by Gasteiger charge is -2.22. The van der Waals surface area contributed by atoms with Crippen molar-refractivity contribution in [3.05, 3.63) is 64.4 Å². The van der Waals surface area contributed by atoms with Gasteiger partial charge in [-0.15, -0.1) is 0 Å². The van der Waals surface area contributed by atoms with E-state index in [9.17, 15) is 8.96 Å². The van der Waals surface area contributed by atoms with E-state index >= 15 is 0 Å². The van der Waals surface area contributed by atoms with Gasteiger partial charge in [0.2, 0.25) is 0 Å². The van der Waals surface area contributed by atoms with Crippen molar-refractivity contribution in [1.82, 2.24) is 0 Å². The first-order valence-electron chi connectivity index (χ1n) is 13.9. The molecule has 0 heterocycles. The molecule has 0 aliphatic carbocycles. The molecule has 216 valence electrons. The third kappa shape index (κ3) is 13.8. The summed E-state index contributed by atoms with van der Waals surface area (Å²) in [7, 11) is -2.71. The fourth-order valence-corrected chi connectivity index (χ4v) is 5.40. The van der Waals surface area contributed by atoms with Gasteiger partial charge in [0.1, 0.15) is 11.6 Å². The van der Waals surface area contributed by atoms with Crippen molar-refractivity contribution in [3.63, 3.8) is 0 Å². The molecule has 0 amide bonds. The molecule has 0 N–H and O–H groups in total. The largest absolute Gasteiger partial charge is 0.529 e. The van der Waals surface area contributed by atoms with Gasteiger partial charge in [-0.1, -0.05) is 101 Å². The molecule has 39 heavy (non-hydrogen) atoms. The summed E-state index contributed by atoms with van der Waals surface area (Å²) in [5, 5.41) is 9.41. The maximum absolute atomic E-state index is 13.9. The van der Waals surface area contributed by atoms with E-state index in [-0.39, 0.29) is 29.5 Å². The summed E-state index contributed by atoms with van der Waals surface area (Å²) in [6, 6.07) is 12.7. The van der Waals surface area contributed by atoms with E-state index in [4.69, 9.17) is 35.2 Å². The number of phosphoric acid groups is 1. The molecule has 0 saturated heterocycles. The van der Waals surface area contributed by atoms with Gasteiger partial charge in [0.15, 0.2) is 0 Å². The minimum Gasteiger partial charge on any atom is -0.402 e. The van der Waals surface area contributed by atoms with Crippen molar-refractivity contribution in [3.8, 4) is 11.8 Å². The summed E-state index contributed by atoms with van der Waals surface area (Å²) >= 11 is 6.13. The summed E-state index contributed by atoms with van der Waals surface area (Å²) < 4.78 is 49.2. The van der Waals surface area contributed by atoms with Gasteiger partial charge in [-0.3, -0.25) is 9.05 Å². The van der Waals surface area contributed by atoms with Gasteiger partial charge in [-0.2, -0.15) is 5.26 Å². The second-order valence-electron chi connectivity index (χ2n) is 9.66. The highest BCUT2D eigenvalue weighted by molar-refractivity contribution is 7.48. The standard InChI is InChI=1S/C30H42ClFNO5P/c1-3-4-5-6-7-8-9-10-11-12-13-16-28(36-23-26-19-25(22-33)20-27(32)21-26)24-37-39(34,35-2)38-30-18-15-14-17-29(30)31/h14-15,17-21,28H,3-13,16,23-24H2,1-2H3/t28-,39?/m0/s1. The molecule has 0 aromatic heterocycles. The average molecular weight is 582 g/mol. The van der Waals surface area contributed by atoms with Crippen LogP contribution in [0, 0.1) is 17.1 Å². The Morgan fingerprint density at radius 3 is 2.23 bits per heavy atom. The van der Waals surface area contributed by atoms with E-state index in [1.54, 1.807) is 30.3 Å². The normalized spacial score (nSPS) is 13.5. The van der Waals surface area contributed by atoms with Crippen LogP contribution in [0.4, 0.5) is 4.39 Å². The summed E-state index contributed by atoms with van der Waals surface area (Å²) in [6.07, 6.45) is 13.7. The Morgan fingerprint density at radius 1 is 0.974 bits per heavy atom. The molecule has 0 spiro atoms. The molecular weight excluding hydrogens is 540 g/mol. The molecule has 0 fully saturated rings. The van der Waals surface area contributed by atoms with E-state index in [2.05, 4.69) is 6.92 Å². The third-order valence-electron chi connectivity index (χ3n) is 6.39. The number of hydrogen-bond acceptors (Lipinski definition) is 6.